The van der Waals surface area contributed by atoms with Crippen molar-refractivity contribution in [3.05, 3.63) is 28.8 Å². The molecular weight excluding hydrogens is 288 g/mol. The van der Waals surface area contributed by atoms with Crippen molar-refractivity contribution < 1.29 is 9.59 Å². The number of halogens is 1. The zero-order valence-corrected chi connectivity index (χ0v) is 13.0. The van der Waals surface area contributed by atoms with Crippen molar-refractivity contribution in [2.24, 2.45) is 5.92 Å². The fourth-order valence-electron chi connectivity index (χ4n) is 3.17. The van der Waals surface area contributed by atoms with Crippen molar-refractivity contribution in [3.63, 3.8) is 0 Å². The third-order valence-electron chi connectivity index (χ3n) is 4.70. The quantitative estimate of drug-likeness (QED) is 0.805. The lowest BCUT2D eigenvalue weighted by molar-refractivity contribution is -0.123. The van der Waals surface area contributed by atoms with E-state index in [0.717, 1.165) is 31.2 Å². The number of urea groups is 1. The van der Waals surface area contributed by atoms with Crippen LogP contribution in [-0.4, -0.2) is 17.5 Å². The van der Waals surface area contributed by atoms with Gasteiger partial charge < -0.3 is 5.32 Å². The van der Waals surface area contributed by atoms with Gasteiger partial charge in [-0.05, 0) is 56.2 Å². The van der Waals surface area contributed by atoms with Crippen LogP contribution < -0.4 is 10.2 Å². The van der Waals surface area contributed by atoms with Crippen LogP contribution in [0.1, 0.15) is 38.2 Å². The molecule has 4 nitrogen and oxygen atoms in total. The molecule has 1 aliphatic carbocycles. The molecule has 1 saturated heterocycles. The van der Waals surface area contributed by atoms with Gasteiger partial charge in [-0.1, -0.05) is 24.6 Å². The van der Waals surface area contributed by atoms with Crippen molar-refractivity contribution in [3.8, 4) is 0 Å². The zero-order valence-electron chi connectivity index (χ0n) is 12.3. The summed E-state index contributed by atoms with van der Waals surface area (Å²) in [4.78, 5) is 26.3. The molecule has 1 aromatic rings. The minimum absolute atomic E-state index is 0.140. The van der Waals surface area contributed by atoms with E-state index < -0.39 is 5.54 Å². The first-order valence-electron chi connectivity index (χ1n) is 7.36. The fourth-order valence-corrected chi connectivity index (χ4v) is 3.34. The van der Waals surface area contributed by atoms with Crippen LogP contribution in [0.5, 0.6) is 0 Å². The van der Waals surface area contributed by atoms with Crippen molar-refractivity contribution >= 4 is 29.2 Å². The number of carbonyl (C=O) groups is 2. The van der Waals surface area contributed by atoms with Gasteiger partial charge in [0.25, 0.3) is 5.91 Å². The third kappa shape index (κ3) is 2.31. The molecule has 1 N–H and O–H groups in total. The summed E-state index contributed by atoms with van der Waals surface area (Å²) in [6, 6.07) is 4.93. The van der Waals surface area contributed by atoms with Gasteiger partial charge in [0.15, 0.2) is 0 Å². The predicted octanol–water partition coefficient (Wildman–Crippen LogP) is 3.65. The Morgan fingerprint density at radius 1 is 1.29 bits per heavy atom. The molecule has 21 heavy (non-hydrogen) atoms. The highest BCUT2D eigenvalue weighted by molar-refractivity contribution is 6.32. The standard InChI is InChI=1S/C16H19ClN2O2/c1-10-5-7-16(8-6-10)14(20)19(15(21)18-16)12-4-3-11(2)13(17)9-12/h3-4,9-10H,5-8H2,1-2H3,(H,18,21). The Morgan fingerprint density at radius 2 is 1.95 bits per heavy atom. The Balaban J connectivity index is 1.92. The second-order valence-electron chi connectivity index (χ2n) is 6.27. The molecule has 0 radical (unpaired) electrons. The van der Waals surface area contributed by atoms with Gasteiger partial charge in [-0.25, -0.2) is 9.69 Å². The van der Waals surface area contributed by atoms with Crippen LogP contribution in [-0.2, 0) is 4.79 Å². The van der Waals surface area contributed by atoms with Crippen LogP contribution >= 0.6 is 11.6 Å². The minimum atomic E-state index is -0.707. The second kappa shape index (κ2) is 5.02. The van der Waals surface area contributed by atoms with Crippen molar-refractivity contribution in [1.29, 1.82) is 0 Å². The van der Waals surface area contributed by atoms with E-state index in [9.17, 15) is 9.59 Å². The predicted molar refractivity (Wildman–Crippen MR) is 82.6 cm³/mol. The van der Waals surface area contributed by atoms with Gasteiger partial charge in [0, 0.05) is 5.02 Å². The number of benzene rings is 1. The number of hydrogen-bond acceptors (Lipinski definition) is 2. The highest BCUT2D eigenvalue weighted by atomic mass is 35.5. The number of hydrogen-bond donors (Lipinski definition) is 1. The number of nitrogens with zero attached hydrogens (tertiary/aromatic N) is 1. The molecule has 3 rings (SSSR count). The maximum Gasteiger partial charge on any atom is 0.329 e. The summed E-state index contributed by atoms with van der Waals surface area (Å²) in [5.41, 5.74) is 0.762. The Bertz CT molecular complexity index is 606. The van der Waals surface area contributed by atoms with Crippen LogP contribution in [0, 0.1) is 12.8 Å². The topological polar surface area (TPSA) is 49.4 Å². The first kappa shape index (κ1) is 14.4. The van der Waals surface area contributed by atoms with Crippen molar-refractivity contribution in [2.45, 2.75) is 45.1 Å². The Hall–Kier alpha value is -1.55. The second-order valence-corrected chi connectivity index (χ2v) is 6.68. The maximum absolute atomic E-state index is 12.8. The van der Waals surface area contributed by atoms with Crippen LogP contribution in [0.2, 0.25) is 5.02 Å². The molecule has 1 saturated carbocycles. The number of amides is 3. The largest absolute Gasteiger partial charge is 0.329 e. The van der Waals surface area contributed by atoms with Gasteiger partial charge in [-0.3, -0.25) is 4.79 Å². The monoisotopic (exact) mass is 306 g/mol. The van der Waals surface area contributed by atoms with Gasteiger partial charge in [0.2, 0.25) is 0 Å². The number of carbonyl (C=O) groups excluding carboxylic acids is 2. The third-order valence-corrected chi connectivity index (χ3v) is 5.11. The van der Waals surface area contributed by atoms with E-state index in [0.29, 0.717) is 16.6 Å². The molecular formula is C16H19ClN2O2. The van der Waals surface area contributed by atoms with Crippen LogP contribution in [0.4, 0.5) is 10.5 Å². The molecule has 112 valence electrons. The summed E-state index contributed by atoms with van der Waals surface area (Å²) in [5, 5.41) is 3.48. The molecule has 2 fully saturated rings. The number of rotatable bonds is 1. The molecule has 0 atom stereocenters. The summed E-state index contributed by atoms with van der Waals surface area (Å²) >= 11 is 6.11. The molecule has 1 heterocycles. The van der Waals surface area contributed by atoms with E-state index in [1.807, 2.05) is 13.0 Å². The highest BCUT2D eigenvalue weighted by Gasteiger charge is 2.52. The summed E-state index contributed by atoms with van der Waals surface area (Å²) in [7, 11) is 0. The Morgan fingerprint density at radius 3 is 2.57 bits per heavy atom. The van der Waals surface area contributed by atoms with Crippen molar-refractivity contribution in [1.82, 2.24) is 5.32 Å². The molecule has 3 amide bonds. The number of anilines is 1. The average Bonchev–Trinajstić information content (AvgIpc) is 2.68. The van der Waals surface area contributed by atoms with E-state index in [2.05, 4.69) is 12.2 Å². The summed E-state index contributed by atoms with van der Waals surface area (Å²) in [6.07, 6.45) is 3.37. The normalized spacial score (nSPS) is 29.1. The van der Waals surface area contributed by atoms with E-state index in [1.165, 1.54) is 4.90 Å². The van der Waals surface area contributed by atoms with Gasteiger partial charge in [-0.15, -0.1) is 0 Å². The molecule has 2 aliphatic rings. The SMILES string of the molecule is Cc1ccc(N2C(=O)NC3(CCC(C)CC3)C2=O)cc1Cl. The average molecular weight is 307 g/mol. The molecule has 1 aromatic carbocycles. The number of imide groups is 1. The Labute approximate surface area is 129 Å². The van der Waals surface area contributed by atoms with Gasteiger partial charge in [-0.2, -0.15) is 0 Å². The molecule has 0 aromatic heterocycles. The fraction of sp³-hybridized carbons (Fsp3) is 0.500. The highest BCUT2D eigenvalue weighted by Crippen LogP contribution is 2.38. The lowest BCUT2D eigenvalue weighted by Gasteiger charge is -2.33. The zero-order chi connectivity index (χ0) is 15.2. The van der Waals surface area contributed by atoms with Crippen LogP contribution in [0.3, 0.4) is 0 Å². The van der Waals surface area contributed by atoms with E-state index in [-0.39, 0.29) is 11.9 Å². The van der Waals surface area contributed by atoms with E-state index >= 15 is 0 Å². The molecule has 0 unspecified atom stereocenters. The van der Waals surface area contributed by atoms with Gasteiger partial charge in [0.1, 0.15) is 5.54 Å². The molecule has 5 heteroatoms. The summed E-state index contributed by atoms with van der Waals surface area (Å²) < 4.78 is 0. The van der Waals surface area contributed by atoms with Gasteiger partial charge >= 0.3 is 6.03 Å². The Kier molecular flexibility index (Phi) is 3.44. The smallest absolute Gasteiger partial charge is 0.323 e. The van der Waals surface area contributed by atoms with Crippen molar-refractivity contribution in [2.75, 3.05) is 4.90 Å². The number of aryl methyl sites for hydroxylation is 1. The van der Waals surface area contributed by atoms with Gasteiger partial charge in [0.05, 0.1) is 5.69 Å². The van der Waals surface area contributed by atoms with E-state index in [1.54, 1.807) is 12.1 Å². The van der Waals surface area contributed by atoms with Crippen LogP contribution in [0.25, 0.3) is 0 Å². The minimum Gasteiger partial charge on any atom is -0.323 e. The maximum atomic E-state index is 12.8. The first-order valence-corrected chi connectivity index (χ1v) is 7.74. The molecule has 1 spiro atoms. The lowest BCUT2D eigenvalue weighted by Crippen LogP contribution is -2.49. The first-order chi connectivity index (χ1) is 9.93. The summed E-state index contributed by atoms with van der Waals surface area (Å²) in [5.74, 6) is 0.475. The molecule has 0 bridgehead atoms. The summed E-state index contributed by atoms with van der Waals surface area (Å²) in [6.45, 7) is 4.08. The molecule has 1 aliphatic heterocycles. The van der Waals surface area contributed by atoms with Crippen LogP contribution in [0.15, 0.2) is 18.2 Å². The number of nitrogens with one attached hydrogen (secondary N) is 1. The van der Waals surface area contributed by atoms with E-state index in [4.69, 9.17) is 11.6 Å². The lowest BCUT2D eigenvalue weighted by atomic mass is 9.77.